The molecule has 0 aromatic heterocycles. The largest absolute Gasteiger partial charge is 0.489 e. The minimum Gasteiger partial charge on any atom is -0.489 e. The molecule has 0 saturated heterocycles. The summed E-state index contributed by atoms with van der Waals surface area (Å²) in [6, 6.07) is 3.90. The Balaban J connectivity index is 1.92. The van der Waals surface area contributed by atoms with Crippen molar-refractivity contribution in [2.45, 2.75) is 57.7 Å². The van der Waals surface area contributed by atoms with Crippen LogP contribution in [-0.4, -0.2) is 42.7 Å². The van der Waals surface area contributed by atoms with E-state index in [1.54, 1.807) is 0 Å². The van der Waals surface area contributed by atoms with Gasteiger partial charge in [-0.05, 0) is 45.2 Å². The lowest BCUT2D eigenvalue weighted by Gasteiger charge is -2.46. The molecule has 1 atom stereocenters. The lowest BCUT2D eigenvalue weighted by molar-refractivity contribution is 0.0181. The summed E-state index contributed by atoms with van der Waals surface area (Å²) < 4.78 is 24.6. The summed E-state index contributed by atoms with van der Waals surface area (Å²) in [5, 5.41) is 0. The molecule has 1 aliphatic carbocycles. The van der Waals surface area contributed by atoms with Gasteiger partial charge in [0, 0.05) is 23.7 Å². The zero-order valence-electron chi connectivity index (χ0n) is 14.0. The first-order chi connectivity index (χ1) is 11.0. The Labute approximate surface area is 136 Å². The van der Waals surface area contributed by atoms with Crippen molar-refractivity contribution < 1.29 is 18.7 Å². The van der Waals surface area contributed by atoms with E-state index in [2.05, 4.69) is 18.7 Å². The zero-order chi connectivity index (χ0) is 16.6. The maximum Gasteiger partial charge on any atom is 0.338 e. The molecule has 0 amide bonds. The molecule has 5 heteroatoms. The predicted octanol–water partition coefficient (Wildman–Crippen LogP) is 3.18. The van der Waals surface area contributed by atoms with Gasteiger partial charge in [0.15, 0.2) is 11.6 Å². The summed E-state index contributed by atoms with van der Waals surface area (Å²) in [6.45, 7) is 4.82. The molecule has 23 heavy (non-hydrogen) atoms. The van der Waals surface area contributed by atoms with E-state index in [4.69, 9.17) is 9.47 Å². The van der Waals surface area contributed by atoms with E-state index < -0.39 is 11.8 Å². The molecule has 1 aromatic rings. The quantitative estimate of drug-likeness (QED) is 0.799. The third kappa shape index (κ3) is 2.94. The first-order valence-electron chi connectivity index (χ1n) is 8.32. The van der Waals surface area contributed by atoms with Crippen LogP contribution in [0.25, 0.3) is 0 Å². The molecule has 0 bridgehead atoms. The molecule has 2 aliphatic rings. The van der Waals surface area contributed by atoms with Crippen molar-refractivity contribution in [2.75, 3.05) is 13.7 Å². The average Bonchev–Trinajstić information content (AvgIpc) is 2.49. The van der Waals surface area contributed by atoms with Crippen LogP contribution >= 0.6 is 0 Å². The second-order valence-corrected chi connectivity index (χ2v) is 6.69. The Hall–Kier alpha value is -1.62. The van der Waals surface area contributed by atoms with Gasteiger partial charge in [-0.3, -0.25) is 4.90 Å². The number of carbonyl (C=O) groups excluding carboxylic acids is 1. The highest BCUT2D eigenvalue weighted by molar-refractivity contribution is 5.92. The third-order valence-corrected chi connectivity index (χ3v) is 4.99. The maximum atomic E-state index is 14.1. The second kappa shape index (κ2) is 6.48. The van der Waals surface area contributed by atoms with E-state index in [0.717, 1.165) is 0 Å². The van der Waals surface area contributed by atoms with Gasteiger partial charge in [0.25, 0.3) is 0 Å². The van der Waals surface area contributed by atoms with Gasteiger partial charge >= 0.3 is 5.97 Å². The van der Waals surface area contributed by atoms with Gasteiger partial charge in [-0.25, -0.2) is 9.18 Å². The number of benzene rings is 1. The topological polar surface area (TPSA) is 38.8 Å². The highest BCUT2D eigenvalue weighted by atomic mass is 19.1. The summed E-state index contributed by atoms with van der Waals surface area (Å²) in [5.74, 6) is -0.641. The van der Waals surface area contributed by atoms with E-state index in [1.165, 1.54) is 38.5 Å². The monoisotopic (exact) mass is 321 g/mol. The van der Waals surface area contributed by atoms with Crippen molar-refractivity contribution >= 4 is 5.97 Å². The molecule has 0 spiro atoms. The van der Waals surface area contributed by atoms with E-state index in [9.17, 15) is 9.18 Å². The van der Waals surface area contributed by atoms with Crippen LogP contribution in [-0.2, 0) is 11.2 Å². The van der Waals surface area contributed by atoms with Gasteiger partial charge in [0.1, 0.15) is 6.61 Å². The van der Waals surface area contributed by atoms with Crippen LogP contribution in [0, 0.1) is 5.82 Å². The Kier molecular flexibility index (Phi) is 4.57. The van der Waals surface area contributed by atoms with Crippen LogP contribution in [0.3, 0.4) is 0 Å². The highest BCUT2D eigenvalue weighted by Gasteiger charge is 2.37. The van der Waals surface area contributed by atoms with E-state index in [0.29, 0.717) is 36.2 Å². The molecule has 0 radical (unpaired) electrons. The molecule has 1 aromatic carbocycles. The van der Waals surface area contributed by atoms with Crippen LogP contribution in [0.15, 0.2) is 12.1 Å². The van der Waals surface area contributed by atoms with Crippen LogP contribution in [0.5, 0.6) is 5.75 Å². The van der Waals surface area contributed by atoms with Crippen molar-refractivity contribution in [3.05, 3.63) is 29.1 Å². The number of rotatable bonds is 4. The van der Waals surface area contributed by atoms with Gasteiger partial charge in [-0.15, -0.1) is 0 Å². The predicted molar refractivity (Wildman–Crippen MR) is 85.3 cm³/mol. The molecular weight excluding hydrogens is 297 g/mol. The van der Waals surface area contributed by atoms with Crippen molar-refractivity contribution in [3.63, 3.8) is 0 Å². The molecule has 1 heterocycles. The smallest absolute Gasteiger partial charge is 0.338 e. The van der Waals surface area contributed by atoms with Gasteiger partial charge in [0.05, 0.1) is 12.7 Å². The van der Waals surface area contributed by atoms with Crippen LogP contribution < -0.4 is 4.74 Å². The van der Waals surface area contributed by atoms with Gasteiger partial charge in [-0.2, -0.15) is 0 Å². The standard InChI is InChI=1S/C18H24FNO3/c1-11(2)20(12-5-4-6-12)13-9-15-14(18(21)22-3)7-8-16(19)17(15)23-10-13/h7-8,11-13H,4-6,9-10H2,1-3H3/t13-/m1/s1. The van der Waals surface area contributed by atoms with Crippen molar-refractivity contribution in [1.82, 2.24) is 4.90 Å². The molecule has 1 fully saturated rings. The maximum absolute atomic E-state index is 14.1. The normalized spacial score (nSPS) is 20.9. The number of esters is 1. The summed E-state index contributed by atoms with van der Waals surface area (Å²) >= 11 is 0. The van der Waals surface area contributed by atoms with Gasteiger partial charge in [0.2, 0.25) is 0 Å². The fraction of sp³-hybridized carbons (Fsp3) is 0.611. The minimum atomic E-state index is -0.440. The fourth-order valence-electron chi connectivity index (χ4n) is 3.75. The molecule has 4 nitrogen and oxygen atoms in total. The second-order valence-electron chi connectivity index (χ2n) is 6.69. The Morgan fingerprint density at radius 1 is 1.35 bits per heavy atom. The third-order valence-electron chi connectivity index (χ3n) is 4.99. The molecule has 0 N–H and O–H groups in total. The summed E-state index contributed by atoms with van der Waals surface area (Å²) in [5.41, 5.74) is 1.05. The average molecular weight is 321 g/mol. The molecular formula is C18H24FNO3. The molecule has 3 rings (SSSR count). The van der Waals surface area contributed by atoms with Gasteiger partial charge in [-0.1, -0.05) is 6.42 Å². The minimum absolute atomic E-state index is 0.165. The lowest BCUT2D eigenvalue weighted by atomic mass is 9.87. The van der Waals surface area contributed by atoms with Gasteiger partial charge < -0.3 is 9.47 Å². The highest BCUT2D eigenvalue weighted by Crippen LogP contribution is 2.36. The van der Waals surface area contributed by atoms with Crippen LogP contribution in [0.4, 0.5) is 4.39 Å². The van der Waals surface area contributed by atoms with Crippen LogP contribution in [0.1, 0.15) is 49.0 Å². The van der Waals surface area contributed by atoms with E-state index in [-0.39, 0.29) is 11.8 Å². The number of methoxy groups -OCH3 is 1. The fourth-order valence-corrected chi connectivity index (χ4v) is 3.75. The summed E-state index contributed by atoms with van der Waals surface area (Å²) in [6.07, 6.45) is 4.29. The Morgan fingerprint density at radius 3 is 2.65 bits per heavy atom. The number of halogens is 1. The number of nitrogens with zero attached hydrogens (tertiary/aromatic N) is 1. The zero-order valence-corrected chi connectivity index (χ0v) is 14.0. The number of ether oxygens (including phenoxy) is 2. The number of hydrogen-bond acceptors (Lipinski definition) is 4. The molecule has 1 saturated carbocycles. The first-order valence-corrected chi connectivity index (χ1v) is 8.32. The van der Waals surface area contributed by atoms with Crippen molar-refractivity contribution in [1.29, 1.82) is 0 Å². The summed E-state index contributed by atoms with van der Waals surface area (Å²) in [4.78, 5) is 14.5. The van der Waals surface area contributed by atoms with Crippen molar-refractivity contribution in [3.8, 4) is 5.75 Å². The first kappa shape index (κ1) is 16.2. The van der Waals surface area contributed by atoms with E-state index >= 15 is 0 Å². The van der Waals surface area contributed by atoms with Crippen molar-refractivity contribution in [2.24, 2.45) is 0 Å². The lowest BCUT2D eigenvalue weighted by Crippen LogP contribution is -2.54. The molecule has 0 unspecified atom stereocenters. The SMILES string of the molecule is COC(=O)c1ccc(F)c2c1C[C@@H](N(C(C)C)C1CCC1)CO2. The molecule has 126 valence electrons. The Morgan fingerprint density at radius 2 is 2.09 bits per heavy atom. The number of fused-ring (bicyclic) bond motifs is 1. The number of hydrogen-bond donors (Lipinski definition) is 0. The number of carbonyl (C=O) groups is 1. The van der Waals surface area contributed by atoms with Crippen LogP contribution in [0.2, 0.25) is 0 Å². The summed E-state index contributed by atoms with van der Waals surface area (Å²) in [7, 11) is 1.34. The molecule has 1 aliphatic heterocycles. The Bertz CT molecular complexity index is 598. The van der Waals surface area contributed by atoms with E-state index in [1.807, 2.05) is 0 Å².